The van der Waals surface area contributed by atoms with Crippen molar-refractivity contribution in [1.82, 2.24) is 10.6 Å². The summed E-state index contributed by atoms with van der Waals surface area (Å²) in [6.07, 6.45) is 1.46. The van der Waals surface area contributed by atoms with Crippen LogP contribution in [0.25, 0.3) is 0 Å². The lowest BCUT2D eigenvalue weighted by Gasteiger charge is -2.20. The average molecular weight is 336 g/mol. The van der Waals surface area contributed by atoms with Gasteiger partial charge in [0.15, 0.2) is 0 Å². The molecule has 24 heavy (non-hydrogen) atoms. The van der Waals surface area contributed by atoms with Crippen LogP contribution >= 0.6 is 0 Å². The van der Waals surface area contributed by atoms with Crippen LogP contribution in [0, 0.1) is 18.8 Å². The second-order valence-corrected chi connectivity index (χ2v) is 6.38. The summed E-state index contributed by atoms with van der Waals surface area (Å²) in [5, 5.41) is 5.88. The first-order chi connectivity index (χ1) is 11.6. The van der Waals surface area contributed by atoms with Gasteiger partial charge in [-0.25, -0.2) is 0 Å². The van der Waals surface area contributed by atoms with Crippen LogP contribution < -0.4 is 10.6 Å². The molecule has 2 aliphatic heterocycles. The average Bonchev–Trinajstić information content (AvgIpc) is 3.32. The van der Waals surface area contributed by atoms with Gasteiger partial charge in [-0.15, -0.1) is 0 Å². The molecule has 2 aliphatic rings. The van der Waals surface area contributed by atoms with Gasteiger partial charge in [0.25, 0.3) is 0 Å². The van der Waals surface area contributed by atoms with E-state index in [0.29, 0.717) is 38.7 Å². The van der Waals surface area contributed by atoms with Crippen LogP contribution in [0.3, 0.4) is 0 Å². The minimum atomic E-state index is -0.391. The van der Waals surface area contributed by atoms with Gasteiger partial charge in [-0.05, 0) is 31.9 Å². The second-order valence-electron chi connectivity index (χ2n) is 6.38. The fourth-order valence-corrected chi connectivity index (χ4v) is 2.98. The summed E-state index contributed by atoms with van der Waals surface area (Å²) < 4.78 is 16.2. The SMILES string of the molecule is Cc1ccc([C@H](CNC(=O)[C@H]2CCOC2)NC(=O)[C@@H]2CCOC2)o1. The number of nitrogens with one attached hydrogen (secondary N) is 2. The minimum absolute atomic E-state index is 0.0424. The Labute approximate surface area is 141 Å². The number of hydrogen-bond acceptors (Lipinski definition) is 5. The van der Waals surface area contributed by atoms with Gasteiger partial charge in [-0.2, -0.15) is 0 Å². The van der Waals surface area contributed by atoms with Crippen LogP contribution in [0.5, 0.6) is 0 Å². The molecule has 0 unspecified atom stereocenters. The number of ether oxygens (including phenoxy) is 2. The molecule has 7 nitrogen and oxygen atoms in total. The monoisotopic (exact) mass is 336 g/mol. The number of furan rings is 1. The van der Waals surface area contributed by atoms with Crippen molar-refractivity contribution in [3.05, 3.63) is 23.7 Å². The Balaban J connectivity index is 1.60. The molecule has 2 fully saturated rings. The van der Waals surface area contributed by atoms with E-state index in [4.69, 9.17) is 13.9 Å². The van der Waals surface area contributed by atoms with E-state index >= 15 is 0 Å². The highest BCUT2D eigenvalue weighted by Gasteiger charge is 2.28. The van der Waals surface area contributed by atoms with E-state index < -0.39 is 6.04 Å². The molecule has 3 rings (SSSR count). The number of rotatable bonds is 6. The van der Waals surface area contributed by atoms with E-state index in [2.05, 4.69) is 10.6 Å². The largest absolute Gasteiger partial charge is 0.464 e. The summed E-state index contributed by atoms with van der Waals surface area (Å²) in [5.74, 6) is 1.06. The molecule has 0 bridgehead atoms. The molecule has 3 heterocycles. The predicted octanol–water partition coefficient (Wildman–Crippen LogP) is 0.935. The molecular weight excluding hydrogens is 312 g/mol. The van der Waals surface area contributed by atoms with Crippen LogP contribution in [0.15, 0.2) is 16.5 Å². The molecule has 2 N–H and O–H groups in total. The Kier molecular flexibility index (Phi) is 5.52. The van der Waals surface area contributed by atoms with Crippen molar-refractivity contribution in [3.63, 3.8) is 0 Å². The second kappa shape index (κ2) is 7.81. The van der Waals surface area contributed by atoms with Crippen molar-refractivity contribution >= 4 is 11.8 Å². The molecule has 0 saturated carbocycles. The molecule has 0 radical (unpaired) electrons. The highest BCUT2D eigenvalue weighted by atomic mass is 16.5. The summed E-state index contributed by atoms with van der Waals surface area (Å²) in [6.45, 7) is 4.28. The van der Waals surface area contributed by atoms with Crippen molar-refractivity contribution < 1.29 is 23.5 Å². The zero-order valence-electron chi connectivity index (χ0n) is 13.9. The maximum atomic E-state index is 12.4. The highest BCUT2D eigenvalue weighted by molar-refractivity contribution is 5.80. The molecule has 132 valence electrons. The molecular formula is C17H24N2O5. The molecule has 1 aromatic heterocycles. The smallest absolute Gasteiger partial charge is 0.226 e. The van der Waals surface area contributed by atoms with Crippen molar-refractivity contribution in [1.29, 1.82) is 0 Å². The third-order valence-corrected chi connectivity index (χ3v) is 4.50. The van der Waals surface area contributed by atoms with E-state index in [1.54, 1.807) is 0 Å². The third kappa shape index (κ3) is 4.15. The number of carbonyl (C=O) groups is 2. The normalized spacial score (nSPS) is 24.7. The lowest BCUT2D eigenvalue weighted by molar-refractivity contribution is -0.127. The van der Waals surface area contributed by atoms with E-state index in [-0.39, 0.29) is 23.7 Å². The van der Waals surface area contributed by atoms with Gasteiger partial charge in [-0.3, -0.25) is 9.59 Å². The highest BCUT2D eigenvalue weighted by Crippen LogP contribution is 2.19. The van der Waals surface area contributed by atoms with Crippen molar-refractivity contribution in [2.75, 3.05) is 33.0 Å². The van der Waals surface area contributed by atoms with E-state index in [0.717, 1.165) is 18.6 Å². The first-order valence-electron chi connectivity index (χ1n) is 8.43. The summed E-state index contributed by atoms with van der Waals surface area (Å²) in [7, 11) is 0. The molecule has 3 atom stereocenters. The minimum Gasteiger partial charge on any atom is -0.464 e. The Bertz CT molecular complexity index is 573. The Morgan fingerprint density at radius 2 is 1.79 bits per heavy atom. The molecule has 2 saturated heterocycles. The first kappa shape index (κ1) is 17.0. The Morgan fingerprint density at radius 1 is 1.12 bits per heavy atom. The zero-order valence-corrected chi connectivity index (χ0v) is 13.9. The lowest BCUT2D eigenvalue weighted by atomic mass is 10.1. The molecule has 7 heteroatoms. The van der Waals surface area contributed by atoms with Crippen LogP contribution in [-0.4, -0.2) is 44.8 Å². The van der Waals surface area contributed by atoms with Crippen molar-refractivity contribution in [2.24, 2.45) is 11.8 Å². The van der Waals surface area contributed by atoms with Crippen LogP contribution in [0.1, 0.15) is 30.4 Å². The van der Waals surface area contributed by atoms with Crippen LogP contribution in [-0.2, 0) is 19.1 Å². The predicted molar refractivity (Wildman–Crippen MR) is 85.2 cm³/mol. The summed E-state index contributed by atoms with van der Waals surface area (Å²) >= 11 is 0. The van der Waals surface area contributed by atoms with Gasteiger partial charge < -0.3 is 24.5 Å². The zero-order chi connectivity index (χ0) is 16.9. The number of carbonyl (C=O) groups excluding carboxylic acids is 2. The number of amides is 2. The lowest BCUT2D eigenvalue weighted by Crippen LogP contribution is -2.42. The summed E-state index contributed by atoms with van der Waals surface area (Å²) in [5.41, 5.74) is 0. The van der Waals surface area contributed by atoms with E-state index in [1.165, 1.54) is 0 Å². The molecule has 0 spiro atoms. The maximum absolute atomic E-state index is 12.4. The van der Waals surface area contributed by atoms with E-state index in [9.17, 15) is 9.59 Å². The topological polar surface area (TPSA) is 89.8 Å². The maximum Gasteiger partial charge on any atom is 0.226 e. The van der Waals surface area contributed by atoms with E-state index in [1.807, 2.05) is 19.1 Å². The quantitative estimate of drug-likeness (QED) is 0.807. The fraction of sp³-hybridized carbons (Fsp3) is 0.647. The molecule has 2 amide bonds. The van der Waals surface area contributed by atoms with Gasteiger partial charge in [0, 0.05) is 19.8 Å². The summed E-state index contributed by atoms with van der Waals surface area (Å²) in [6, 6.07) is 3.29. The molecule has 0 aromatic carbocycles. The molecule has 0 aliphatic carbocycles. The van der Waals surface area contributed by atoms with Gasteiger partial charge in [0.1, 0.15) is 17.6 Å². The van der Waals surface area contributed by atoms with Crippen molar-refractivity contribution in [3.8, 4) is 0 Å². The van der Waals surface area contributed by atoms with Gasteiger partial charge in [-0.1, -0.05) is 0 Å². The first-order valence-corrected chi connectivity index (χ1v) is 8.43. The standard InChI is InChI=1S/C17H24N2O5/c1-11-2-3-15(24-11)14(19-17(21)13-5-7-23-10-13)8-18-16(20)12-4-6-22-9-12/h2-3,12-14H,4-10H2,1H3,(H,18,20)(H,19,21)/t12-,13+,14-/m0/s1. The Hall–Kier alpha value is -1.86. The third-order valence-electron chi connectivity index (χ3n) is 4.50. The van der Waals surface area contributed by atoms with Gasteiger partial charge in [0.2, 0.25) is 11.8 Å². The van der Waals surface area contributed by atoms with Gasteiger partial charge in [0.05, 0.1) is 25.0 Å². The van der Waals surface area contributed by atoms with Crippen LogP contribution in [0.2, 0.25) is 0 Å². The number of aryl methyl sites for hydroxylation is 1. The fourth-order valence-electron chi connectivity index (χ4n) is 2.98. The van der Waals surface area contributed by atoms with Crippen LogP contribution in [0.4, 0.5) is 0 Å². The Morgan fingerprint density at radius 3 is 2.33 bits per heavy atom. The number of hydrogen-bond donors (Lipinski definition) is 2. The van der Waals surface area contributed by atoms with Crippen molar-refractivity contribution in [2.45, 2.75) is 25.8 Å². The molecule has 1 aromatic rings. The summed E-state index contributed by atoms with van der Waals surface area (Å²) in [4.78, 5) is 24.5. The van der Waals surface area contributed by atoms with Gasteiger partial charge >= 0.3 is 0 Å².